The zero-order valence-corrected chi connectivity index (χ0v) is 14.8. The fraction of sp³-hybridized carbons (Fsp3) is 0.300. The Morgan fingerprint density at radius 1 is 1.22 bits per heavy atom. The zero-order valence-electron chi connectivity index (χ0n) is 14.8. The lowest BCUT2D eigenvalue weighted by Gasteiger charge is -2.25. The van der Waals surface area contributed by atoms with Gasteiger partial charge in [0.1, 0.15) is 5.82 Å². The van der Waals surface area contributed by atoms with Crippen LogP contribution < -0.4 is 5.73 Å². The summed E-state index contributed by atoms with van der Waals surface area (Å²) in [7, 11) is 0. The van der Waals surface area contributed by atoms with E-state index in [1.165, 1.54) is 5.69 Å². The summed E-state index contributed by atoms with van der Waals surface area (Å²) < 4.78 is 5.71. The highest BCUT2D eigenvalue weighted by molar-refractivity contribution is 6.08. The number of anilines is 1. The molecule has 2 bridgehead atoms. The van der Waals surface area contributed by atoms with Crippen LogP contribution in [0.25, 0.3) is 33.1 Å². The van der Waals surface area contributed by atoms with Gasteiger partial charge < -0.3 is 15.5 Å². The maximum atomic E-state index is 6.29. The molecule has 2 saturated heterocycles. The molecule has 0 radical (unpaired) electrons. The maximum absolute atomic E-state index is 6.29. The average molecular weight is 360 g/mol. The molecule has 7 nitrogen and oxygen atoms in total. The fourth-order valence-corrected chi connectivity index (χ4v) is 4.51. The second kappa shape index (κ2) is 5.55. The van der Waals surface area contributed by atoms with Crippen LogP contribution in [-0.4, -0.2) is 50.4 Å². The number of aromatic amines is 2. The van der Waals surface area contributed by atoms with E-state index >= 15 is 0 Å². The molecule has 27 heavy (non-hydrogen) atoms. The number of aromatic nitrogens is 4. The van der Waals surface area contributed by atoms with E-state index < -0.39 is 0 Å². The first-order valence-electron chi connectivity index (χ1n) is 9.31. The van der Waals surface area contributed by atoms with Crippen molar-refractivity contribution in [3.05, 3.63) is 42.2 Å². The normalized spacial score (nSPS) is 22.4. The molecule has 2 aliphatic heterocycles. The van der Waals surface area contributed by atoms with Crippen LogP contribution >= 0.6 is 0 Å². The predicted molar refractivity (Wildman–Crippen MR) is 104 cm³/mol. The number of pyridine rings is 1. The van der Waals surface area contributed by atoms with Gasteiger partial charge in [0.25, 0.3) is 0 Å². The summed E-state index contributed by atoms with van der Waals surface area (Å²) in [5.74, 6) is 0.563. The van der Waals surface area contributed by atoms with E-state index in [1.54, 1.807) is 6.20 Å². The molecular weight excluding hydrogens is 340 g/mol. The van der Waals surface area contributed by atoms with Gasteiger partial charge in [-0.25, -0.2) is 4.98 Å². The lowest BCUT2D eigenvalue weighted by Crippen LogP contribution is -2.36. The second-order valence-electron chi connectivity index (χ2n) is 7.56. The third-order valence-electron chi connectivity index (χ3n) is 5.86. The average Bonchev–Trinajstić information content (AvgIpc) is 3.45. The number of likely N-dealkylation sites (tertiary alicyclic amines) is 1. The SMILES string of the molecule is Nc1nc2cc(-c3ccn[nH]3)ccc2c2[nH]c(CN3C[C@@H]4C[C@H]3CO4)cc12. The van der Waals surface area contributed by atoms with E-state index in [0.717, 1.165) is 59.2 Å². The highest BCUT2D eigenvalue weighted by Crippen LogP contribution is 2.33. The minimum absolute atomic E-state index is 0.410. The van der Waals surface area contributed by atoms with Crippen molar-refractivity contribution in [2.45, 2.75) is 25.1 Å². The third kappa shape index (κ3) is 2.35. The zero-order chi connectivity index (χ0) is 18.0. The van der Waals surface area contributed by atoms with Crippen LogP contribution in [0.4, 0.5) is 5.82 Å². The van der Waals surface area contributed by atoms with Gasteiger partial charge in [-0.05, 0) is 24.6 Å². The van der Waals surface area contributed by atoms with Crippen molar-refractivity contribution in [1.82, 2.24) is 25.1 Å². The Hall–Kier alpha value is -2.90. The second-order valence-corrected chi connectivity index (χ2v) is 7.56. The number of fused-ring (bicyclic) bond motifs is 5. The maximum Gasteiger partial charge on any atom is 0.133 e. The van der Waals surface area contributed by atoms with Gasteiger partial charge >= 0.3 is 0 Å². The number of nitrogen functional groups attached to an aromatic ring is 1. The molecule has 7 heteroatoms. The van der Waals surface area contributed by atoms with Crippen molar-refractivity contribution in [3.8, 4) is 11.3 Å². The van der Waals surface area contributed by atoms with Gasteiger partial charge in [0.15, 0.2) is 0 Å². The largest absolute Gasteiger partial charge is 0.383 e. The number of H-pyrrole nitrogens is 2. The number of nitrogens with zero attached hydrogens (tertiary/aromatic N) is 3. The highest BCUT2D eigenvalue weighted by atomic mass is 16.5. The standard InChI is InChI=1S/C20H20N6O/c21-20-16-6-12(8-26-9-14-7-13(26)10-27-14)23-19(16)15-2-1-11(5-18(15)24-20)17-3-4-22-25-17/h1-6,13-14,23H,7-10H2,(H2,21,24)(H,22,25)/t13-,14-/m0/s1. The molecule has 0 saturated carbocycles. The van der Waals surface area contributed by atoms with Gasteiger partial charge in [-0.15, -0.1) is 0 Å². The summed E-state index contributed by atoms with van der Waals surface area (Å²) in [6, 6.07) is 10.9. The monoisotopic (exact) mass is 360 g/mol. The summed E-state index contributed by atoms with van der Waals surface area (Å²) in [4.78, 5) is 10.7. The van der Waals surface area contributed by atoms with E-state index in [1.807, 2.05) is 6.07 Å². The van der Waals surface area contributed by atoms with Gasteiger partial charge in [0.2, 0.25) is 0 Å². The molecule has 5 heterocycles. The molecule has 3 aromatic heterocycles. The predicted octanol–water partition coefficient (Wildman–Crippen LogP) is 2.66. The Morgan fingerprint density at radius 3 is 2.96 bits per heavy atom. The van der Waals surface area contributed by atoms with Crippen LogP contribution in [0.2, 0.25) is 0 Å². The lowest BCUT2D eigenvalue weighted by atomic mass is 10.1. The Morgan fingerprint density at radius 2 is 2.19 bits per heavy atom. The van der Waals surface area contributed by atoms with Crippen LogP contribution in [-0.2, 0) is 11.3 Å². The number of hydrogen-bond donors (Lipinski definition) is 3. The molecule has 4 aromatic rings. The molecule has 0 aliphatic carbocycles. The summed E-state index contributed by atoms with van der Waals surface area (Å²) in [5, 5.41) is 9.10. The summed E-state index contributed by atoms with van der Waals surface area (Å²) in [6.07, 6.45) is 3.31. The molecular formula is C20H20N6O. The first-order valence-corrected chi connectivity index (χ1v) is 9.31. The smallest absolute Gasteiger partial charge is 0.133 e. The first kappa shape index (κ1) is 15.2. The molecule has 6 rings (SSSR count). The van der Waals surface area contributed by atoms with E-state index in [9.17, 15) is 0 Å². The Kier molecular flexibility index (Phi) is 3.12. The van der Waals surface area contributed by atoms with E-state index in [0.29, 0.717) is 18.0 Å². The minimum atomic E-state index is 0.410. The van der Waals surface area contributed by atoms with Crippen molar-refractivity contribution in [3.63, 3.8) is 0 Å². The number of benzene rings is 1. The Bertz CT molecular complexity index is 1150. The molecule has 0 unspecified atom stereocenters. The third-order valence-corrected chi connectivity index (χ3v) is 5.86. The molecule has 136 valence electrons. The van der Waals surface area contributed by atoms with Crippen molar-refractivity contribution in [1.29, 1.82) is 0 Å². The summed E-state index contributed by atoms with van der Waals surface area (Å²) in [6.45, 7) is 2.77. The molecule has 2 fully saturated rings. The van der Waals surface area contributed by atoms with Crippen LogP contribution in [0.15, 0.2) is 36.5 Å². The quantitative estimate of drug-likeness (QED) is 0.522. The number of morpholine rings is 1. The van der Waals surface area contributed by atoms with Crippen molar-refractivity contribution in [2.24, 2.45) is 0 Å². The fourth-order valence-electron chi connectivity index (χ4n) is 4.51. The summed E-state index contributed by atoms with van der Waals surface area (Å²) >= 11 is 0. The number of rotatable bonds is 3. The van der Waals surface area contributed by atoms with Crippen molar-refractivity contribution < 1.29 is 4.74 Å². The topological polar surface area (TPSA) is 95.8 Å². The summed E-state index contributed by atoms with van der Waals surface area (Å²) in [5.41, 5.74) is 11.4. The number of nitrogens with two attached hydrogens (primary N) is 1. The number of hydrogen-bond acceptors (Lipinski definition) is 5. The molecule has 0 spiro atoms. The molecule has 4 N–H and O–H groups in total. The molecule has 0 amide bonds. The van der Waals surface area contributed by atoms with Gasteiger partial charge in [0, 0.05) is 47.4 Å². The molecule has 2 atom stereocenters. The van der Waals surface area contributed by atoms with E-state index in [2.05, 4.69) is 49.3 Å². The van der Waals surface area contributed by atoms with Crippen LogP contribution in [0.3, 0.4) is 0 Å². The lowest BCUT2D eigenvalue weighted by molar-refractivity contribution is 0.0269. The van der Waals surface area contributed by atoms with Gasteiger partial charge in [-0.3, -0.25) is 10.00 Å². The number of ether oxygens (including phenoxy) is 1. The van der Waals surface area contributed by atoms with Gasteiger partial charge in [0.05, 0.1) is 29.4 Å². The van der Waals surface area contributed by atoms with Crippen molar-refractivity contribution >= 4 is 27.6 Å². The van der Waals surface area contributed by atoms with Crippen LogP contribution in [0, 0.1) is 0 Å². The van der Waals surface area contributed by atoms with Gasteiger partial charge in [-0.2, -0.15) is 5.10 Å². The number of nitrogens with one attached hydrogen (secondary N) is 2. The molecule has 1 aromatic carbocycles. The van der Waals surface area contributed by atoms with Gasteiger partial charge in [-0.1, -0.05) is 12.1 Å². The van der Waals surface area contributed by atoms with Crippen LogP contribution in [0.5, 0.6) is 0 Å². The molecule has 2 aliphatic rings. The first-order chi connectivity index (χ1) is 13.2. The van der Waals surface area contributed by atoms with E-state index in [4.69, 9.17) is 10.5 Å². The Labute approximate surface area is 155 Å². The van der Waals surface area contributed by atoms with E-state index in [-0.39, 0.29) is 0 Å². The van der Waals surface area contributed by atoms with Crippen LogP contribution in [0.1, 0.15) is 12.1 Å². The Balaban J connectivity index is 1.42. The highest BCUT2D eigenvalue weighted by Gasteiger charge is 2.38. The van der Waals surface area contributed by atoms with Crippen molar-refractivity contribution in [2.75, 3.05) is 18.9 Å². The minimum Gasteiger partial charge on any atom is -0.383 e.